The van der Waals surface area contributed by atoms with E-state index in [9.17, 15) is 0 Å². The number of rotatable bonds is 4. The Kier molecular flexibility index (Phi) is 3.41. The lowest BCUT2D eigenvalue weighted by Crippen LogP contribution is -2.05. The van der Waals surface area contributed by atoms with Crippen molar-refractivity contribution in [1.29, 1.82) is 0 Å². The molecule has 110 valence electrons. The number of hydrogen-bond acceptors (Lipinski definition) is 3. The number of aryl methyl sites for hydroxylation is 3. The number of fused-ring (bicyclic) bond motifs is 1. The number of hydrogen-bond donors (Lipinski definition) is 1. The standard InChI is InChI=1S/C16H21N5/c1-4-7-13-14-15(20(3)19-13)21(16(17)18-14)12-9-6-8-11(5-2)10-12/h6,8-10H,4-5,7H2,1-3H3,(H2,17,18). The zero-order chi connectivity index (χ0) is 15.0. The topological polar surface area (TPSA) is 61.7 Å². The van der Waals surface area contributed by atoms with E-state index in [1.54, 1.807) is 0 Å². The summed E-state index contributed by atoms with van der Waals surface area (Å²) in [5, 5.41) is 4.59. The highest BCUT2D eigenvalue weighted by Crippen LogP contribution is 2.26. The summed E-state index contributed by atoms with van der Waals surface area (Å²) < 4.78 is 3.86. The number of anilines is 1. The van der Waals surface area contributed by atoms with Crippen molar-refractivity contribution < 1.29 is 0 Å². The molecule has 3 aromatic rings. The van der Waals surface area contributed by atoms with Crippen molar-refractivity contribution in [3.05, 3.63) is 35.5 Å². The SMILES string of the molecule is CCCc1nn(C)c2c1nc(N)n2-c1cccc(CC)c1. The lowest BCUT2D eigenvalue weighted by molar-refractivity contribution is 0.737. The fourth-order valence-electron chi connectivity index (χ4n) is 2.77. The van der Waals surface area contributed by atoms with Gasteiger partial charge in [-0.2, -0.15) is 5.10 Å². The van der Waals surface area contributed by atoms with Gasteiger partial charge in [-0.05, 0) is 30.5 Å². The van der Waals surface area contributed by atoms with Crippen molar-refractivity contribution in [2.75, 3.05) is 5.73 Å². The summed E-state index contributed by atoms with van der Waals surface area (Å²) >= 11 is 0. The summed E-state index contributed by atoms with van der Waals surface area (Å²) in [5.41, 5.74) is 11.4. The molecule has 0 aliphatic carbocycles. The van der Waals surface area contributed by atoms with E-state index in [0.29, 0.717) is 5.95 Å². The minimum atomic E-state index is 0.517. The van der Waals surface area contributed by atoms with Crippen LogP contribution >= 0.6 is 0 Å². The van der Waals surface area contributed by atoms with Crippen molar-refractivity contribution in [2.24, 2.45) is 7.05 Å². The average molecular weight is 283 g/mol. The highest BCUT2D eigenvalue weighted by atomic mass is 15.3. The van der Waals surface area contributed by atoms with E-state index in [2.05, 4.69) is 48.2 Å². The smallest absolute Gasteiger partial charge is 0.207 e. The largest absolute Gasteiger partial charge is 0.369 e. The molecule has 5 nitrogen and oxygen atoms in total. The Morgan fingerprint density at radius 3 is 2.76 bits per heavy atom. The van der Waals surface area contributed by atoms with Crippen LogP contribution in [0.2, 0.25) is 0 Å². The van der Waals surface area contributed by atoms with Gasteiger partial charge in [0.05, 0.1) is 11.4 Å². The Labute approximate surface area is 124 Å². The second kappa shape index (κ2) is 5.24. The molecule has 0 atom stereocenters. The van der Waals surface area contributed by atoms with E-state index < -0.39 is 0 Å². The molecule has 0 spiro atoms. The summed E-state index contributed by atoms with van der Waals surface area (Å²) in [7, 11) is 1.95. The molecule has 0 bridgehead atoms. The lowest BCUT2D eigenvalue weighted by atomic mass is 10.1. The second-order valence-electron chi connectivity index (χ2n) is 5.32. The van der Waals surface area contributed by atoms with Crippen molar-refractivity contribution in [1.82, 2.24) is 19.3 Å². The van der Waals surface area contributed by atoms with Gasteiger partial charge in [0.2, 0.25) is 5.95 Å². The van der Waals surface area contributed by atoms with Gasteiger partial charge in [-0.15, -0.1) is 0 Å². The van der Waals surface area contributed by atoms with Crippen LogP contribution < -0.4 is 5.73 Å². The van der Waals surface area contributed by atoms with Crippen LogP contribution in [0.5, 0.6) is 0 Å². The van der Waals surface area contributed by atoms with E-state index in [-0.39, 0.29) is 0 Å². The maximum atomic E-state index is 6.17. The third kappa shape index (κ3) is 2.18. The van der Waals surface area contributed by atoms with Gasteiger partial charge in [0.25, 0.3) is 0 Å². The molecule has 2 heterocycles. The van der Waals surface area contributed by atoms with Crippen molar-refractivity contribution in [2.45, 2.75) is 33.1 Å². The van der Waals surface area contributed by atoms with Crippen LogP contribution in [-0.4, -0.2) is 19.3 Å². The molecule has 3 rings (SSSR count). The number of nitrogen functional groups attached to an aromatic ring is 1. The van der Waals surface area contributed by atoms with Gasteiger partial charge in [0.15, 0.2) is 5.65 Å². The number of nitrogens with two attached hydrogens (primary N) is 1. The minimum Gasteiger partial charge on any atom is -0.369 e. The molecule has 0 saturated heterocycles. The minimum absolute atomic E-state index is 0.517. The second-order valence-corrected chi connectivity index (χ2v) is 5.32. The third-order valence-electron chi connectivity index (χ3n) is 3.79. The van der Waals surface area contributed by atoms with Gasteiger partial charge in [0.1, 0.15) is 5.52 Å². The normalized spacial score (nSPS) is 11.4. The van der Waals surface area contributed by atoms with Gasteiger partial charge in [0, 0.05) is 7.05 Å². The molecule has 21 heavy (non-hydrogen) atoms. The molecule has 0 radical (unpaired) electrons. The summed E-state index contributed by atoms with van der Waals surface area (Å²) in [6, 6.07) is 8.40. The fourth-order valence-corrected chi connectivity index (χ4v) is 2.77. The van der Waals surface area contributed by atoms with Crippen molar-refractivity contribution in [3.63, 3.8) is 0 Å². The zero-order valence-corrected chi connectivity index (χ0v) is 12.8. The Morgan fingerprint density at radius 1 is 1.24 bits per heavy atom. The number of aromatic nitrogens is 4. The van der Waals surface area contributed by atoms with E-state index in [1.165, 1.54) is 5.56 Å². The van der Waals surface area contributed by atoms with Crippen molar-refractivity contribution >= 4 is 17.1 Å². The molecule has 0 unspecified atom stereocenters. The molecule has 5 heteroatoms. The van der Waals surface area contributed by atoms with Crippen LogP contribution in [0.15, 0.2) is 24.3 Å². The Morgan fingerprint density at radius 2 is 2.05 bits per heavy atom. The summed E-state index contributed by atoms with van der Waals surface area (Å²) in [4.78, 5) is 4.54. The van der Waals surface area contributed by atoms with E-state index in [4.69, 9.17) is 5.73 Å². The number of nitrogens with zero attached hydrogens (tertiary/aromatic N) is 4. The highest BCUT2D eigenvalue weighted by Gasteiger charge is 2.18. The predicted molar refractivity (Wildman–Crippen MR) is 85.6 cm³/mol. The maximum Gasteiger partial charge on any atom is 0.207 e. The highest BCUT2D eigenvalue weighted by molar-refractivity contribution is 5.80. The lowest BCUT2D eigenvalue weighted by Gasteiger charge is -2.08. The molecule has 0 aliphatic rings. The number of imidazole rings is 1. The third-order valence-corrected chi connectivity index (χ3v) is 3.79. The first kappa shape index (κ1) is 13.7. The van der Waals surface area contributed by atoms with E-state index in [1.807, 2.05) is 16.3 Å². The quantitative estimate of drug-likeness (QED) is 0.801. The Hall–Kier alpha value is -2.30. The van der Waals surface area contributed by atoms with Crippen LogP contribution in [0.3, 0.4) is 0 Å². The van der Waals surface area contributed by atoms with Crippen LogP contribution in [0, 0.1) is 0 Å². The average Bonchev–Trinajstić information content (AvgIpc) is 2.97. The first-order valence-corrected chi connectivity index (χ1v) is 7.44. The van der Waals surface area contributed by atoms with E-state index >= 15 is 0 Å². The Bertz CT molecular complexity index is 781. The van der Waals surface area contributed by atoms with Crippen LogP contribution in [0.1, 0.15) is 31.5 Å². The molecular weight excluding hydrogens is 262 g/mol. The molecule has 1 aromatic carbocycles. The first-order chi connectivity index (χ1) is 10.2. The van der Waals surface area contributed by atoms with Crippen molar-refractivity contribution in [3.8, 4) is 5.69 Å². The molecule has 0 fully saturated rings. The van der Waals surface area contributed by atoms with Crippen LogP contribution in [0.4, 0.5) is 5.95 Å². The van der Waals surface area contributed by atoms with Gasteiger partial charge < -0.3 is 5.73 Å². The molecule has 2 N–H and O–H groups in total. The van der Waals surface area contributed by atoms with Gasteiger partial charge in [-0.3, -0.25) is 4.57 Å². The fraction of sp³-hybridized carbons (Fsp3) is 0.375. The van der Waals surface area contributed by atoms with Crippen LogP contribution in [-0.2, 0) is 19.9 Å². The van der Waals surface area contributed by atoms with Crippen LogP contribution in [0.25, 0.3) is 16.9 Å². The Balaban J connectivity index is 2.24. The zero-order valence-electron chi connectivity index (χ0n) is 12.8. The van der Waals surface area contributed by atoms with E-state index in [0.717, 1.165) is 41.8 Å². The summed E-state index contributed by atoms with van der Waals surface area (Å²) in [6.45, 7) is 4.29. The molecule has 0 amide bonds. The summed E-state index contributed by atoms with van der Waals surface area (Å²) in [5.74, 6) is 0.517. The molecular formula is C16H21N5. The summed E-state index contributed by atoms with van der Waals surface area (Å²) in [6.07, 6.45) is 2.96. The molecule has 0 aliphatic heterocycles. The monoisotopic (exact) mass is 283 g/mol. The first-order valence-electron chi connectivity index (χ1n) is 7.44. The molecule has 2 aromatic heterocycles. The maximum absolute atomic E-state index is 6.17. The van der Waals surface area contributed by atoms with Gasteiger partial charge in [-0.25, -0.2) is 9.67 Å². The van der Waals surface area contributed by atoms with Gasteiger partial charge in [-0.1, -0.05) is 32.4 Å². The predicted octanol–water partition coefficient (Wildman–Crippen LogP) is 2.86. The molecule has 0 saturated carbocycles. The van der Waals surface area contributed by atoms with Gasteiger partial charge >= 0.3 is 0 Å². The number of benzene rings is 1.